The van der Waals surface area contributed by atoms with Crippen molar-refractivity contribution >= 4 is 0 Å². The molecule has 1 unspecified atom stereocenters. The van der Waals surface area contributed by atoms with E-state index in [1.54, 1.807) is 4.68 Å². The van der Waals surface area contributed by atoms with E-state index in [1.807, 2.05) is 6.92 Å². The van der Waals surface area contributed by atoms with Crippen LogP contribution in [0, 0.1) is 5.92 Å². The van der Waals surface area contributed by atoms with Crippen LogP contribution in [0.1, 0.15) is 45.3 Å². The van der Waals surface area contributed by atoms with Crippen LogP contribution in [-0.2, 0) is 6.42 Å². The van der Waals surface area contributed by atoms with Gasteiger partial charge in [0.15, 0.2) is 11.6 Å². The summed E-state index contributed by atoms with van der Waals surface area (Å²) in [5.74, 6) is 8.47. The summed E-state index contributed by atoms with van der Waals surface area (Å²) in [7, 11) is 0. The molecular weight excluding hydrogens is 164 g/mol. The van der Waals surface area contributed by atoms with Crippen LogP contribution in [0.2, 0.25) is 0 Å². The van der Waals surface area contributed by atoms with Crippen molar-refractivity contribution in [1.29, 1.82) is 0 Å². The molecule has 1 rings (SSSR count). The van der Waals surface area contributed by atoms with E-state index in [0.717, 1.165) is 18.1 Å². The lowest BCUT2D eigenvalue weighted by atomic mass is 9.97. The highest BCUT2D eigenvalue weighted by atomic mass is 15.4. The van der Waals surface area contributed by atoms with Gasteiger partial charge in [-0.3, -0.25) is 0 Å². The Morgan fingerprint density at radius 2 is 1.92 bits per heavy atom. The monoisotopic (exact) mass is 182 g/mol. The summed E-state index contributed by atoms with van der Waals surface area (Å²) in [6.45, 7) is 8.46. The zero-order valence-electron chi connectivity index (χ0n) is 8.78. The maximum Gasteiger partial charge on any atom is 0.154 e. The normalized spacial score (nSPS) is 13.6. The third kappa shape index (κ3) is 1.82. The second-order valence-corrected chi connectivity index (χ2v) is 3.73. The van der Waals surface area contributed by atoms with Crippen molar-refractivity contribution in [2.24, 2.45) is 5.92 Å². The zero-order chi connectivity index (χ0) is 10.0. The predicted molar refractivity (Wildman–Crippen MR) is 52.8 cm³/mol. The first-order valence-electron chi connectivity index (χ1n) is 4.77. The highest BCUT2D eigenvalue weighted by molar-refractivity contribution is 5.01. The van der Waals surface area contributed by atoms with Crippen LogP contribution in [-0.4, -0.2) is 14.9 Å². The molecule has 13 heavy (non-hydrogen) atoms. The smallest absolute Gasteiger partial charge is 0.154 e. The minimum atomic E-state index is 0.359. The van der Waals surface area contributed by atoms with Gasteiger partial charge in [-0.05, 0) is 5.92 Å². The second kappa shape index (κ2) is 3.77. The molecule has 0 aliphatic carbocycles. The van der Waals surface area contributed by atoms with Gasteiger partial charge >= 0.3 is 0 Å². The molecular formula is C9H18N4. The molecule has 0 aliphatic heterocycles. The fraction of sp³-hybridized carbons (Fsp3) is 0.778. The van der Waals surface area contributed by atoms with Crippen molar-refractivity contribution in [1.82, 2.24) is 14.9 Å². The van der Waals surface area contributed by atoms with Gasteiger partial charge in [0.25, 0.3) is 0 Å². The lowest BCUT2D eigenvalue weighted by Gasteiger charge is -2.13. The Bertz CT molecular complexity index is 277. The first-order valence-corrected chi connectivity index (χ1v) is 4.77. The summed E-state index contributed by atoms with van der Waals surface area (Å²) in [5.41, 5.74) is 0. The molecule has 1 aromatic rings. The molecule has 0 saturated carbocycles. The molecule has 0 spiro atoms. The molecule has 0 saturated heterocycles. The highest BCUT2D eigenvalue weighted by Crippen LogP contribution is 2.20. The molecule has 0 bridgehead atoms. The molecule has 0 amide bonds. The van der Waals surface area contributed by atoms with Gasteiger partial charge in [0.2, 0.25) is 0 Å². The summed E-state index contributed by atoms with van der Waals surface area (Å²) in [6.07, 6.45) is 0.828. The summed E-state index contributed by atoms with van der Waals surface area (Å²) in [5, 5.41) is 8.12. The van der Waals surface area contributed by atoms with Crippen molar-refractivity contribution in [3.05, 3.63) is 11.6 Å². The number of nitrogens with two attached hydrogens (primary N) is 1. The van der Waals surface area contributed by atoms with E-state index >= 15 is 0 Å². The van der Waals surface area contributed by atoms with Crippen LogP contribution in [0.3, 0.4) is 0 Å². The van der Waals surface area contributed by atoms with Crippen LogP contribution in [0.5, 0.6) is 0 Å². The van der Waals surface area contributed by atoms with Gasteiger partial charge in [0.1, 0.15) is 0 Å². The molecule has 4 nitrogen and oxygen atoms in total. The molecule has 1 atom stereocenters. The number of rotatable bonds is 3. The minimum absolute atomic E-state index is 0.359. The Balaban J connectivity index is 2.95. The summed E-state index contributed by atoms with van der Waals surface area (Å²) in [4.78, 5) is 0. The zero-order valence-corrected chi connectivity index (χ0v) is 8.78. The largest absolute Gasteiger partial charge is 0.336 e. The average Bonchev–Trinajstić information content (AvgIpc) is 2.45. The molecule has 0 aromatic carbocycles. The Morgan fingerprint density at radius 1 is 1.31 bits per heavy atom. The third-order valence-corrected chi connectivity index (χ3v) is 2.52. The van der Waals surface area contributed by atoms with Crippen molar-refractivity contribution in [3.8, 4) is 0 Å². The van der Waals surface area contributed by atoms with E-state index in [1.165, 1.54) is 0 Å². The van der Waals surface area contributed by atoms with Gasteiger partial charge in [0.05, 0.1) is 0 Å². The van der Waals surface area contributed by atoms with Gasteiger partial charge in [-0.1, -0.05) is 27.7 Å². The van der Waals surface area contributed by atoms with Crippen molar-refractivity contribution < 1.29 is 0 Å². The number of hydrogen-bond donors (Lipinski definition) is 1. The van der Waals surface area contributed by atoms with E-state index in [0.29, 0.717) is 11.8 Å². The molecule has 4 heteroatoms. The highest BCUT2D eigenvalue weighted by Gasteiger charge is 2.17. The average molecular weight is 182 g/mol. The van der Waals surface area contributed by atoms with E-state index in [4.69, 9.17) is 5.84 Å². The number of nitrogen functional groups attached to an aromatic ring is 1. The molecule has 0 fully saturated rings. The van der Waals surface area contributed by atoms with Crippen LogP contribution in [0.4, 0.5) is 0 Å². The summed E-state index contributed by atoms with van der Waals surface area (Å²) in [6, 6.07) is 0. The van der Waals surface area contributed by atoms with Crippen LogP contribution in [0.25, 0.3) is 0 Å². The number of aryl methyl sites for hydroxylation is 1. The molecule has 1 heterocycles. The maximum absolute atomic E-state index is 5.84. The lowest BCUT2D eigenvalue weighted by Crippen LogP contribution is -2.19. The second-order valence-electron chi connectivity index (χ2n) is 3.73. The van der Waals surface area contributed by atoms with E-state index < -0.39 is 0 Å². The van der Waals surface area contributed by atoms with E-state index in [9.17, 15) is 0 Å². The fourth-order valence-corrected chi connectivity index (χ4v) is 1.19. The Hall–Kier alpha value is -1.06. The third-order valence-electron chi connectivity index (χ3n) is 2.52. The molecule has 0 radical (unpaired) electrons. The van der Waals surface area contributed by atoms with Crippen LogP contribution < -0.4 is 5.84 Å². The first-order chi connectivity index (χ1) is 6.07. The predicted octanol–water partition coefficient (Wildman–Crippen LogP) is 1.31. The molecule has 0 aliphatic rings. The van der Waals surface area contributed by atoms with Gasteiger partial charge in [-0.15, -0.1) is 10.2 Å². The lowest BCUT2D eigenvalue weighted by molar-refractivity contribution is 0.499. The molecule has 2 N–H and O–H groups in total. The van der Waals surface area contributed by atoms with E-state index in [-0.39, 0.29) is 0 Å². The topological polar surface area (TPSA) is 56.7 Å². The maximum atomic E-state index is 5.84. The first kappa shape index (κ1) is 10.0. The van der Waals surface area contributed by atoms with Crippen LogP contribution in [0.15, 0.2) is 0 Å². The van der Waals surface area contributed by atoms with Gasteiger partial charge in [-0.2, -0.15) is 0 Å². The number of aromatic nitrogens is 3. The van der Waals surface area contributed by atoms with Gasteiger partial charge in [0, 0.05) is 12.3 Å². The standard InChI is InChI=1S/C9H18N4/c1-5-8-11-12-9(13(8)10)7(4)6(2)3/h6-7H,5,10H2,1-4H3. The van der Waals surface area contributed by atoms with Crippen molar-refractivity contribution in [2.75, 3.05) is 5.84 Å². The van der Waals surface area contributed by atoms with Gasteiger partial charge < -0.3 is 5.84 Å². The number of hydrogen-bond acceptors (Lipinski definition) is 3. The Morgan fingerprint density at radius 3 is 2.31 bits per heavy atom. The molecule has 1 aromatic heterocycles. The number of nitrogens with zero attached hydrogens (tertiary/aromatic N) is 3. The Kier molecular flexibility index (Phi) is 2.90. The van der Waals surface area contributed by atoms with E-state index in [2.05, 4.69) is 31.0 Å². The molecule has 74 valence electrons. The summed E-state index contributed by atoms with van der Waals surface area (Å²) < 4.78 is 1.62. The van der Waals surface area contributed by atoms with Crippen LogP contribution >= 0.6 is 0 Å². The quantitative estimate of drug-likeness (QED) is 0.717. The minimum Gasteiger partial charge on any atom is -0.336 e. The van der Waals surface area contributed by atoms with Crippen molar-refractivity contribution in [2.45, 2.75) is 40.0 Å². The SMILES string of the molecule is CCc1nnc(C(C)C(C)C)n1N. The summed E-state index contributed by atoms with van der Waals surface area (Å²) >= 11 is 0. The van der Waals surface area contributed by atoms with Gasteiger partial charge in [-0.25, -0.2) is 4.68 Å². The fourth-order valence-electron chi connectivity index (χ4n) is 1.19. The van der Waals surface area contributed by atoms with Crippen molar-refractivity contribution in [3.63, 3.8) is 0 Å². The Labute approximate surface area is 79.1 Å².